The van der Waals surface area contributed by atoms with E-state index < -0.39 is 23.8 Å². The average Bonchev–Trinajstić information content (AvgIpc) is 3.21. The van der Waals surface area contributed by atoms with E-state index in [9.17, 15) is 22.8 Å². The molecule has 174 valence electrons. The summed E-state index contributed by atoms with van der Waals surface area (Å²) < 4.78 is 42.0. The molecule has 0 unspecified atom stereocenters. The molecule has 1 saturated heterocycles. The molecule has 0 spiro atoms. The van der Waals surface area contributed by atoms with Crippen LogP contribution in [0.1, 0.15) is 5.69 Å². The Kier molecular flexibility index (Phi) is 6.44. The van der Waals surface area contributed by atoms with Crippen molar-refractivity contribution >= 4 is 23.1 Å². The fourth-order valence-electron chi connectivity index (χ4n) is 3.45. The van der Waals surface area contributed by atoms with Crippen molar-refractivity contribution in [3.05, 3.63) is 94.8 Å². The van der Waals surface area contributed by atoms with E-state index in [4.69, 9.17) is 5.73 Å². The molecule has 8 nitrogen and oxygen atoms in total. The second-order valence-corrected chi connectivity index (χ2v) is 7.21. The molecule has 34 heavy (non-hydrogen) atoms. The highest BCUT2D eigenvalue weighted by atomic mass is 19.3. The summed E-state index contributed by atoms with van der Waals surface area (Å²) in [5, 5.41) is 4.23. The lowest BCUT2D eigenvalue weighted by molar-refractivity contribution is 0.0151. The smallest absolute Gasteiger partial charge is 0.328 e. The van der Waals surface area contributed by atoms with Gasteiger partial charge in [-0.1, -0.05) is 18.2 Å². The Bertz CT molecular complexity index is 1320. The molecule has 0 radical (unpaired) electrons. The molecule has 0 saturated carbocycles. The normalized spacial score (nSPS) is 14.6. The summed E-state index contributed by atoms with van der Waals surface area (Å²) in [6.07, 6.45) is 3.91. The van der Waals surface area contributed by atoms with Crippen molar-refractivity contribution in [3.8, 4) is 5.69 Å². The topological polar surface area (TPSA) is 96.8 Å². The van der Waals surface area contributed by atoms with Crippen LogP contribution in [-0.2, 0) is 0 Å². The Labute approximate surface area is 192 Å². The summed E-state index contributed by atoms with van der Waals surface area (Å²) in [4.78, 5) is 30.5. The summed E-state index contributed by atoms with van der Waals surface area (Å²) in [6.45, 7) is -3.09. The fraction of sp³-hybridized carbons (Fsp3) is 0.130. The van der Waals surface area contributed by atoms with Crippen molar-refractivity contribution in [2.24, 2.45) is 10.7 Å². The molecule has 2 heterocycles. The number of alkyl halides is 2. The van der Waals surface area contributed by atoms with Crippen LogP contribution in [-0.4, -0.2) is 46.1 Å². The number of hydrogen-bond acceptors (Lipinski definition) is 5. The fourth-order valence-corrected chi connectivity index (χ4v) is 3.45. The lowest BCUT2D eigenvalue weighted by Crippen LogP contribution is -2.35. The van der Waals surface area contributed by atoms with Crippen molar-refractivity contribution in [1.82, 2.24) is 14.7 Å². The van der Waals surface area contributed by atoms with Gasteiger partial charge in [-0.3, -0.25) is 14.6 Å². The monoisotopic (exact) mass is 468 g/mol. The standard InChI is InChI=1S/C23H19F3N6O2/c24-17-14-16(30-12-13-31(22(25)26)23(30)34)6-7-19(17)32-11-9-20(33)21(29-32)18(8-10-27)28-15-4-2-1-3-5-15/h1-11,14,22H,12-13,27H2. The van der Waals surface area contributed by atoms with Gasteiger partial charge in [-0.25, -0.2) is 18.9 Å². The molecule has 0 bridgehead atoms. The lowest BCUT2D eigenvalue weighted by atomic mass is 10.2. The van der Waals surface area contributed by atoms with Crippen molar-refractivity contribution in [1.29, 1.82) is 0 Å². The van der Waals surface area contributed by atoms with Crippen LogP contribution in [0.5, 0.6) is 0 Å². The van der Waals surface area contributed by atoms with Crippen molar-refractivity contribution in [2.45, 2.75) is 6.55 Å². The quantitative estimate of drug-likeness (QED) is 0.443. The van der Waals surface area contributed by atoms with E-state index in [1.54, 1.807) is 24.3 Å². The molecule has 2 amide bonds. The number of carbonyl (C=O) groups excluding carboxylic acids is 1. The van der Waals surface area contributed by atoms with E-state index in [1.807, 2.05) is 6.07 Å². The number of urea groups is 1. The minimum absolute atomic E-state index is 0.00706. The van der Waals surface area contributed by atoms with Gasteiger partial charge >= 0.3 is 12.6 Å². The van der Waals surface area contributed by atoms with Crippen LogP contribution in [0.2, 0.25) is 0 Å². The van der Waals surface area contributed by atoms with Gasteiger partial charge in [-0.2, -0.15) is 13.9 Å². The molecule has 2 N–H and O–H groups in total. The van der Waals surface area contributed by atoms with E-state index in [0.29, 0.717) is 10.6 Å². The first-order valence-corrected chi connectivity index (χ1v) is 10.2. The highest BCUT2D eigenvalue weighted by Crippen LogP contribution is 2.25. The van der Waals surface area contributed by atoms with Crippen LogP contribution in [0, 0.1) is 5.82 Å². The van der Waals surface area contributed by atoms with Gasteiger partial charge in [0.2, 0.25) is 5.43 Å². The third-order valence-corrected chi connectivity index (χ3v) is 5.08. The van der Waals surface area contributed by atoms with Gasteiger partial charge in [0.05, 0.1) is 11.4 Å². The summed E-state index contributed by atoms with van der Waals surface area (Å²) in [6, 6.07) is 13.0. The Hall–Kier alpha value is -4.41. The van der Waals surface area contributed by atoms with Crippen LogP contribution < -0.4 is 16.1 Å². The van der Waals surface area contributed by atoms with Gasteiger partial charge in [0.1, 0.15) is 5.69 Å². The zero-order chi connectivity index (χ0) is 24.2. The van der Waals surface area contributed by atoms with E-state index in [-0.39, 0.29) is 35.9 Å². The van der Waals surface area contributed by atoms with Gasteiger partial charge in [-0.15, -0.1) is 0 Å². The molecular formula is C23H19F3N6O2. The molecule has 11 heteroatoms. The maximum atomic E-state index is 15.0. The molecule has 1 fully saturated rings. The van der Waals surface area contributed by atoms with Crippen molar-refractivity contribution < 1.29 is 18.0 Å². The lowest BCUT2D eigenvalue weighted by Gasteiger charge is -2.18. The zero-order valence-electron chi connectivity index (χ0n) is 17.7. The SMILES string of the molecule is NC=CC(=Nc1ccccc1)c1nn(-c2ccc(N3CCN(C(F)F)C3=O)cc2F)ccc1=O. The first-order valence-electron chi connectivity index (χ1n) is 10.2. The minimum atomic E-state index is -2.93. The molecule has 2 aromatic carbocycles. The number of aliphatic imine (C=N–C) groups is 1. The maximum absolute atomic E-state index is 15.0. The van der Waals surface area contributed by atoms with Gasteiger partial charge in [0, 0.05) is 31.0 Å². The second kappa shape index (κ2) is 9.61. The minimum Gasteiger partial charge on any atom is -0.405 e. The molecule has 3 aromatic rings. The zero-order valence-corrected chi connectivity index (χ0v) is 17.7. The molecule has 4 rings (SSSR count). The van der Waals surface area contributed by atoms with Gasteiger partial charge in [0.25, 0.3) is 0 Å². The Morgan fingerprint density at radius 2 is 1.85 bits per heavy atom. The molecule has 1 aliphatic rings. The average molecular weight is 468 g/mol. The number of nitrogens with zero attached hydrogens (tertiary/aromatic N) is 5. The number of rotatable bonds is 6. The predicted octanol–water partition coefficient (Wildman–Crippen LogP) is 3.43. The second-order valence-electron chi connectivity index (χ2n) is 7.21. The van der Waals surface area contributed by atoms with E-state index in [1.165, 1.54) is 36.7 Å². The van der Waals surface area contributed by atoms with Crippen LogP contribution in [0.4, 0.5) is 29.3 Å². The number of carbonyl (C=O) groups is 1. The molecule has 1 aliphatic heterocycles. The summed E-state index contributed by atoms with van der Waals surface area (Å²) in [7, 11) is 0. The number of amides is 2. The number of allylic oxidation sites excluding steroid dienone is 1. The number of para-hydroxylation sites is 1. The molecule has 1 aromatic heterocycles. The van der Waals surface area contributed by atoms with Crippen LogP contribution in [0.3, 0.4) is 0 Å². The van der Waals surface area contributed by atoms with Crippen LogP contribution in [0.25, 0.3) is 5.69 Å². The highest BCUT2D eigenvalue weighted by Gasteiger charge is 2.35. The third-order valence-electron chi connectivity index (χ3n) is 5.08. The van der Waals surface area contributed by atoms with E-state index >= 15 is 0 Å². The van der Waals surface area contributed by atoms with E-state index in [2.05, 4.69) is 10.1 Å². The summed E-state index contributed by atoms with van der Waals surface area (Å²) in [5.41, 5.74) is 5.88. The number of aromatic nitrogens is 2. The Morgan fingerprint density at radius 3 is 2.50 bits per heavy atom. The van der Waals surface area contributed by atoms with Crippen LogP contribution >= 0.6 is 0 Å². The number of nitrogens with two attached hydrogens (primary N) is 1. The van der Waals surface area contributed by atoms with Gasteiger partial charge in [0.15, 0.2) is 11.5 Å². The molecule has 0 atom stereocenters. The number of benzene rings is 2. The summed E-state index contributed by atoms with van der Waals surface area (Å²) in [5.74, 6) is -0.765. The highest BCUT2D eigenvalue weighted by molar-refractivity contribution is 6.08. The largest absolute Gasteiger partial charge is 0.405 e. The van der Waals surface area contributed by atoms with Gasteiger partial charge < -0.3 is 5.73 Å². The Balaban J connectivity index is 1.70. The first-order chi connectivity index (χ1) is 16.4. The summed E-state index contributed by atoms with van der Waals surface area (Å²) >= 11 is 0. The Morgan fingerprint density at radius 1 is 1.09 bits per heavy atom. The number of halogens is 3. The van der Waals surface area contributed by atoms with Crippen molar-refractivity contribution in [3.63, 3.8) is 0 Å². The first kappa shape index (κ1) is 22.8. The maximum Gasteiger partial charge on any atom is 0.328 e. The number of hydrogen-bond donors (Lipinski definition) is 1. The predicted molar refractivity (Wildman–Crippen MR) is 121 cm³/mol. The van der Waals surface area contributed by atoms with E-state index in [0.717, 1.165) is 15.6 Å². The van der Waals surface area contributed by atoms with Gasteiger partial charge in [-0.05, 0) is 42.6 Å². The molecule has 0 aliphatic carbocycles. The van der Waals surface area contributed by atoms with Crippen LogP contribution in [0.15, 0.2) is 82.9 Å². The van der Waals surface area contributed by atoms with Crippen molar-refractivity contribution in [2.75, 3.05) is 18.0 Å². The third kappa shape index (κ3) is 4.53. The molecular weight excluding hydrogens is 449 g/mol. The number of anilines is 1.